The molecule has 0 radical (unpaired) electrons. The molecule has 6 nitrogen and oxygen atoms in total. The number of fused-ring (bicyclic) bond motifs is 1. The van der Waals surface area contributed by atoms with E-state index in [1.807, 2.05) is 42.5 Å². The van der Waals surface area contributed by atoms with E-state index in [4.69, 9.17) is 14.5 Å². The zero-order chi connectivity index (χ0) is 20.2. The van der Waals surface area contributed by atoms with Crippen LogP contribution in [0.4, 0.5) is 11.5 Å². The van der Waals surface area contributed by atoms with Gasteiger partial charge in [0.15, 0.2) is 0 Å². The Bertz CT molecular complexity index is 1030. The van der Waals surface area contributed by atoms with Gasteiger partial charge in [-0.3, -0.25) is 4.79 Å². The highest BCUT2D eigenvalue weighted by atomic mass is 16.5. The smallest absolute Gasteiger partial charge is 0.228 e. The first-order valence-corrected chi connectivity index (χ1v) is 9.80. The Morgan fingerprint density at radius 2 is 1.97 bits per heavy atom. The van der Waals surface area contributed by atoms with Gasteiger partial charge >= 0.3 is 0 Å². The van der Waals surface area contributed by atoms with Gasteiger partial charge in [0.1, 0.15) is 11.6 Å². The number of aryl methyl sites for hydroxylation is 1. The summed E-state index contributed by atoms with van der Waals surface area (Å²) in [6.45, 7) is 5.25. The van der Waals surface area contributed by atoms with Crippen molar-refractivity contribution in [1.29, 1.82) is 0 Å². The molecule has 0 unspecified atom stereocenters. The molecule has 1 fully saturated rings. The highest BCUT2D eigenvalue weighted by Crippen LogP contribution is 2.26. The van der Waals surface area contributed by atoms with Crippen LogP contribution in [0.1, 0.15) is 11.1 Å². The molecule has 4 rings (SSSR count). The number of nitrogens with zero attached hydrogens (tertiary/aromatic N) is 2. The highest BCUT2D eigenvalue weighted by Gasteiger charge is 2.15. The molecule has 29 heavy (non-hydrogen) atoms. The number of aromatic nitrogens is 1. The van der Waals surface area contributed by atoms with E-state index in [9.17, 15) is 4.79 Å². The number of morpholine rings is 1. The summed E-state index contributed by atoms with van der Waals surface area (Å²) in [5.41, 5.74) is 3.69. The van der Waals surface area contributed by atoms with E-state index in [-0.39, 0.29) is 12.3 Å². The Hall–Kier alpha value is -3.12. The van der Waals surface area contributed by atoms with Gasteiger partial charge in [0, 0.05) is 29.7 Å². The fraction of sp³-hybridized carbons (Fsp3) is 0.304. The molecule has 0 saturated carbocycles. The molecular weight excluding hydrogens is 366 g/mol. The Morgan fingerprint density at radius 3 is 2.76 bits per heavy atom. The van der Waals surface area contributed by atoms with E-state index >= 15 is 0 Å². The number of anilines is 2. The van der Waals surface area contributed by atoms with Crippen LogP contribution in [0.3, 0.4) is 0 Å². The fourth-order valence-corrected chi connectivity index (χ4v) is 3.64. The van der Waals surface area contributed by atoms with E-state index < -0.39 is 0 Å². The van der Waals surface area contributed by atoms with Crippen LogP contribution in [0.2, 0.25) is 0 Å². The second kappa shape index (κ2) is 8.49. The third-order valence-electron chi connectivity index (χ3n) is 5.16. The van der Waals surface area contributed by atoms with Crippen LogP contribution in [0.5, 0.6) is 5.75 Å². The summed E-state index contributed by atoms with van der Waals surface area (Å²) in [5, 5.41) is 4.03. The number of para-hydroxylation sites is 1. The van der Waals surface area contributed by atoms with Crippen molar-refractivity contribution < 1.29 is 14.3 Å². The fourth-order valence-electron chi connectivity index (χ4n) is 3.64. The van der Waals surface area contributed by atoms with E-state index in [1.54, 1.807) is 7.11 Å². The Balaban J connectivity index is 1.52. The summed E-state index contributed by atoms with van der Waals surface area (Å²) in [4.78, 5) is 19.6. The minimum atomic E-state index is -0.0793. The maximum atomic E-state index is 12.5. The molecule has 0 atom stereocenters. The molecule has 3 aromatic rings. The predicted octanol–water partition coefficient (Wildman–Crippen LogP) is 3.57. The van der Waals surface area contributed by atoms with E-state index in [0.717, 1.165) is 65.6 Å². The van der Waals surface area contributed by atoms with Crippen molar-refractivity contribution >= 4 is 28.3 Å². The van der Waals surface area contributed by atoms with Gasteiger partial charge in [-0.1, -0.05) is 18.2 Å². The van der Waals surface area contributed by atoms with Crippen LogP contribution < -0.4 is 15.0 Å². The molecule has 1 aromatic heterocycles. The summed E-state index contributed by atoms with van der Waals surface area (Å²) in [5.74, 6) is 1.62. The Morgan fingerprint density at radius 1 is 1.17 bits per heavy atom. The number of methoxy groups -OCH3 is 1. The third-order valence-corrected chi connectivity index (χ3v) is 5.16. The number of benzene rings is 2. The summed E-state index contributed by atoms with van der Waals surface area (Å²) in [6, 6.07) is 15.5. The van der Waals surface area contributed by atoms with Gasteiger partial charge < -0.3 is 19.7 Å². The van der Waals surface area contributed by atoms with Gasteiger partial charge in [0.05, 0.1) is 32.3 Å². The van der Waals surface area contributed by atoms with E-state index in [0.29, 0.717) is 0 Å². The number of carbonyl (C=O) groups excluding carboxylic acids is 1. The second-order valence-electron chi connectivity index (χ2n) is 7.17. The number of rotatable bonds is 5. The summed E-state index contributed by atoms with van der Waals surface area (Å²) in [7, 11) is 1.61. The standard InChI is InChI=1S/C23H25N3O3/c1-16-13-22(26-9-11-29-12-10-26)25-20-8-7-18(15-19(16)20)24-23(27)14-17-5-3-4-6-21(17)28-2/h3-8,13,15H,9-12,14H2,1-2H3,(H,24,27). The molecule has 0 spiro atoms. The van der Waals surface area contributed by atoms with E-state index in [1.165, 1.54) is 0 Å². The average Bonchev–Trinajstić information content (AvgIpc) is 2.75. The molecule has 0 bridgehead atoms. The van der Waals surface area contributed by atoms with Crippen LogP contribution in [0.15, 0.2) is 48.5 Å². The first-order valence-electron chi connectivity index (χ1n) is 9.80. The topological polar surface area (TPSA) is 63.7 Å². The zero-order valence-corrected chi connectivity index (χ0v) is 16.8. The largest absolute Gasteiger partial charge is 0.496 e. The molecule has 0 aliphatic carbocycles. The van der Waals surface area contributed by atoms with Gasteiger partial charge in [-0.2, -0.15) is 0 Å². The van der Waals surface area contributed by atoms with Crippen molar-refractivity contribution in [3.05, 3.63) is 59.7 Å². The molecule has 1 aliphatic heterocycles. The zero-order valence-electron chi connectivity index (χ0n) is 16.8. The van der Waals surface area contributed by atoms with Crippen molar-refractivity contribution in [2.24, 2.45) is 0 Å². The minimum Gasteiger partial charge on any atom is -0.496 e. The first-order chi connectivity index (χ1) is 14.1. The number of hydrogen-bond acceptors (Lipinski definition) is 5. The first kappa shape index (κ1) is 19.2. The van der Waals surface area contributed by atoms with Crippen molar-refractivity contribution in [2.45, 2.75) is 13.3 Å². The quantitative estimate of drug-likeness (QED) is 0.720. The predicted molar refractivity (Wildman–Crippen MR) is 115 cm³/mol. The third kappa shape index (κ3) is 4.32. The number of nitrogens with one attached hydrogen (secondary N) is 1. The molecular formula is C23H25N3O3. The van der Waals surface area contributed by atoms with Gasteiger partial charge in [-0.25, -0.2) is 4.98 Å². The normalized spacial score (nSPS) is 14.1. The van der Waals surface area contributed by atoms with Crippen LogP contribution in [-0.4, -0.2) is 44.3 Å². The van der Waals surface area contributed by atoms with Crippen LogP contribution in [-0.2, 0) is 16.0 Å². The lowest BCUT2D eigenvalue weighted by atomic mass is 10.1. The average molecular weight is 391 g/mol. The Kier molecular flexibility index (Phi) is 5.62. The SMILES string of the molecule is COc1ccccc1CC(=O)Nc1ccc2nc(N3CCOCC3)cc(C)c2c1. The van der Waals surface area contributed by atoms with Crippen molar-refractivity contribution in [3.63, 3.8) is 0 Å². The summed E-state index contributed by atoms with van der Waals surface area (Å²) >= 11 is 0. The van der Waals surface area contributed by atoms with Gasteiger partial charge in [0.2, 0.25) is 5.91 Å². The van der Waals surface area contributed by atoms with Gasteiger partial charge in [-0.05, 0) is 42.8 Å². The number of hydrogen-bond donors (Lipinski definition) is 1. The number of carbonyl (C=O) groups is 1. The number of pyridine rings is 1. The molecule has 2 heterocycles. The molecule has 6 heteroatoms. The second-order valence-corrected chi connectivity index (χ2v) is 7.17. The lowest BCUT2D eigenvalue weighted by Gasteiger charge is -2.28. The summed E-state index contributed by atoms with van der Waals surface area (Å²) < 4.78 is 10.8. The van der Waals surface area contributed by atoms with Gasteiger partial charge in [-0.15, -0.1) is 0 Å². The summed E-state index contributed by atoms with van der Waals surface area (Å²) in [6.07, 6.45) is 0.259. The molecule has 1 N–H and O–H groups in total. The van der Waals surface area contributed by atoms with Crippen LogP contribution >= 0.6 is 0 Å². The lowest BCUT2D eigenvalue weighted by Crippen LogP contribution is -2.36. The molecule has 2 aromatic carbocycles. The molecule has 1 saturated heterocycles. The number of amides is 1. The molecule has 1 amide bonds. The minimum absolute atomic E-state index is 0.0793. The van der Waals surface area contributed by atoms with Crippen LogP contribution in [0, 0.1) is 6.92 Å². The van der Waals surface area contributed by atoms with E-state index in [2.05, 4.69) is 23.2 Å². The van der Waals surface area contributed by atoms with Crippen molar-refractivity contribution in [2.75, 3.05) is 43.6 Å². The highest BCUT2D eigenvalue weighted by molar-refractivity contribution is 5.96. The molecule has 150 valence electrons. The van der Waals surface area contributed by atoms with Crippen LogP contribution in [0.25, 0.3) is 10.9 Å². The van der Waals surface area contributed by atoms with Crippen molar-refractivity contribution in [1.82, 2.24) is 4.98 Å². The lowest BCUT2D eigenvalue weighted by molar-refractivity contribution is -0.115. The maximum absolute atomic E-state index is 12.5. The monoisotopic (exact) mass is 391 g/mol. The number of ether oxygens (including phenoxy) is 2. The Labute approximate surface area is 170 Å². The van der Waals surface area contributed by atoms with Gasteiger partial charge in [0.25, 0.3) is 0 Å². The molecule has 1 aliphatic rings. The van der Waals surface area contributed by atoms with Crippen molar-refractivity contribution in [3.8, 4) is 5.75 Å². The maximum Gasteiger partial charge on any atom is 0.228 e.